The van der Waals surface area contributed by atoms with Crippen molar-refractivity contribution in [2.45, 2.75) is 26.5 Å². The highest BCUT2D eigenvalue weighted by molar-refractivity contribution is 14.1. The van der Waals surface area contributed by atoms with E-state index in [2.05, 4.69) is 27.9 Å². The van der Waals surface area contributed by atoms with Crippen molar-refractivity contribution in [3.05, 3.63) is 68.8 Å². The van der Waals surface area contributed by atoms with E-state index in [9.17, 15) is 4.79 Å². The minimum atomic E-state index is -0.364. The van der Waals surface area contributed by atoms with Crippen LogP contribution in [-0.4, -0.2) is 11.9 Å². The summed E-state index contributed by atoms with van der Waals surface area (Å²) in [6.07, 6.45) is 1.57. The van der Waals surface area contributed by atoms with Crippen molar-refractivity contribution in [3.8, 4) is 11.8 Å². The Morgan fingerprint density at radius 3 is 2.40 bits per heavy atom. The summed E-state index contributed by atoms with van der Waals surface area (Å²) < 4.78 is 6.94. The zero-order valence-electron chi connectivity index (χ0n) is 14.1. The second-order valence-corrected chi connectivity index (χ2v) is 7.03. The van der Waals surface area contributed by atoms with Gasteiger partial charge in [0, 0.05) is 9.61 Å². The molecule has 0 aliphatic heterocycles. The molecule has 0 unspecified atom stereocenters. The second kappa shape index (κ2) is 9.23. The van der Waals surface area contributed by atoms with Crippen LogP contribution in [0.3, 0.4) is 0 Å². The maximum absolute atomic E-state index is 11.9. The zero-order valence-corrected chi connectivity index (χ0v) is 16.3. The number of ether oxygens (including phenoxy) is 1. The van der Waals surface area contributed by atoms with E-state index in [1.807, 2.05) is 68.4 Å². The summed E-state index contributed by atoms with van der Waals surface area (Å²) in [4.78, 5) is 11.9. The molecule has 0 radical (unpaired) electrons. The van der Waals surface area contributed by atoms with Crippen molar-refractivity contribution in [2.75, 3.05) is 0 Å². The van der Waals surface area contributed by atoms with Crippen LogP contribution in [0.5, 0.6) is 5.75 Å². The number of halogens is 1. The van der Waals surface area contributed by atoms with Crippen LogP contribution in [0.1, 0.15) is 25.0 Å². The molecule has 0 bridgehead atoms. The van der Waals surface area contributed by atoms with E-state index >= 15 is 0 Å². The topological polar surface area (TPSA) is 62.1 Å². The predicted molar refractivity (Wildman–Crippen MR) is 107 cm³/mol. The van der Waals surface area contributed by atoms with Crippen molar-refractivity contribution in [3.63, 3.8) is 0 Å². The van der Waals surface area contributed by atoms with Crippen LogP contribution in [0.2, 0.25) is 0 Å². The van der Waals surface area contributed by atoms with Gasteiger partial charge in [0.25, 0.3) is 5.91 Å². The van der Waals surface area contributed by atoms with Crippen molar-refractivity contribution in [2.24, 2.45) is 0 Å². The Morgan fingerprint density at radius 2 is 1.84 bits per heavy atom. The Morgan fingerprint density at radius 1 is 1.20 bits per heavy atom. The number of nitrogens with zero attached hydrogens (tertiary/aromatic N) is 1. The second-order valence-electron chi connectivity index (χ2n) is 5.78. The Bertz CT molecular complexity index is 788. The number of nitrogens with one attached hydrogen (secondary N) is 1. The summed E-state index contributed by atoms with van der Waals surface area (Å²) in [6.45, 7) is 4.20. The summed E-state index contributed by atoms with van der Waals surface area (Å²) in [5.74, 6) is 0.373. The van der Waals surface area contributed by atoms with E-state index in [0.717, 1.165) is 16.9 Å². The maximum atomic E-state index is 11.9. The fourth-order valence-corrected chi connectivity index (χ4v) is 2.42. The minimum absolute atomic E-state index is 0.0127. The van der Waals surface area contributed by atoms with Gasteiger partial charge in [-0.15, -0.1) is 0 Å². The lowest BCUT2D eigenvalue weighted by atomic mass is 10.1. The number of amides is 1. The smallest absolute Gasteiger partial charge is 0.262 e. The van der Waals surface area contributed by atoms with Gasteiger partial charge >= 0.3 is 0 Å². The summed E-state index contributed by atoms with van der Waals surface area (Å²) in [7, 11) is 0. The fourth-order valence-electron chi connectivity index (χ4n) is 2.06. The fraction of sp³-hybridized carbons (Fsp3) is 0.200. The molecule has 0 saturated carbocycles. The quantitative estimate of drug-likeness (QED) is 0.409. The molecule has 1 amide bonds. The molecular formula is C20H19IN2O2. The SMILES string of the molecule is CC(C)NC(=O)/C(C#N)=C\c1ccc(OCc2ccc(I)cc2)cc1. The Kier molecular flexibility index (Phi) is 7.02. The first kappa shape index (κ1) is 19.0. The van der Waals surface area contributed by atoms with Gasteiger partial charge in [0.2, 0.25) is 0 Å². The number of nitriles is 1. The third-order valence-corrected chi connectivity index (χ3v) is 4.01. The first-order valence-electron chi connectivity index (χ1n) is 7.88. The normalized spacial score (nSPS) is 11.1. The molecule has 0 fully saturated rings. The van der Waals surface area contributed by atoms with Crippen molar-refractivity contribution < 1.29 is 9.53 Å². The van der Waals surface area contributed by atoms with Gasteiger partial charge < -0.3 is 10.1 Å². The van der Waals surface area contributed by atoms with E-state index in [-0.39, 0.29) is 17.5 Å². The van der Waals surface area contributed by atoms with Crippen LogP contribution in [0.4, 0.5) is 0 Å². The van der Waals surface area contributed by atoms with Crippen molar-refractivity contribution in [1.29, 1.82) is 5.26 Å². The number of hydrogen-bond acceptors (Lipinski definition) is 3. The number of rotatable bonds is 6. The summed E-state index contributed by atoms with van der Waals surface area (Å²) in [5.41, 5.74) is 1.96. The lowest BCUT2D eigenvalue weighted by Crippen LogP contribution is -2.30. The number of hydrogen-bond donors (Lipinski definition) is 1. The zero-order chi connectivity index (χ0) is 18.2. The summed E-state index contributed by atoms with van der Waals surface area (Å²) >= 11 is 2.27. The summed E-state index contributed by atoms with van der Waals surface area (Å²) in [6, 6.07) is 17.4. The number of carbonyl (C=O) groups is 1. The lowest BCUT2D eigenvalue weighted by molar-refractivity contribution is -0.117. The Hall–Kier alpha value is -2.33. The molecule has 0 saturated heterocycles. The van der Waals surface area contributed by atoms with Gasteiger partial charge in [-0.2, -0.15) is 5.26 Å². The monoisotopic (exact) mass is 446 g/mol. The average Bonchev–Trinajstić information content (AvgIpc) is 2.59. The van der Waals surface area contributed by atoms with Crippen molar-refractivity contribution in [1.82, 2.24) is 5.32 Å². The van der Waals surface area contributed by atoms with E-state index in [1.165, 1.54) is 3.57 Å². The first-order valence-corrected chi connectivity index (χ1v) is 8.96. The Labute approximate surface area is 161 Å². The van der Waals surface area contributed by atoms with Crippen LogP contribution in [0.25, 0.3) is 6.08 Å². The first-order chi connectivity index (χ1) is 12.0. The summed E-state index contributed by atoms with van der Waals surface area (Å²) in [5, 5.41) is 11.9. The molecule has 0 heterocycles. The highest BCUT2D eigenvalue weighted by Gasteiger charge is 2.09. The molecule has 0 aliphatic rings. The largest absolute Gasteiger partial charge is 0.489 e. The van der Waals surface area contributed by atoms with Gasteiger partial charge in [-0.1, -0.05) is 24.3 Å². The van der Waals surface area contributed by atoms with Crippen LogP contribution in [0, 0.1) is 14.9 Å². The molecule has 0 aliphatic carbocycles. The highest BCUT2D eigenvalue weighted by Crippen LogP contribution is 2.17. The molecule has 1 N–H and O–H groups in total. The van der Waals surface area contributed by atoms with E-state index in [4.69, 9.17) is 10.00 Å². The van der Waals surface area contributed by atoms with Gasteiger partial charge in [0.1, 0.15) is 24.0 Å². The molecule has 0 spiro atoms. The molecule has 128 valence electrons. The van der Waals surface area contributed by atoms with Crippen molar-refractivity contribution >= 4 is 34.6 Å². The number of carbonyl (C=O) groups excluding carboxylic acids is 1. The van der Waals surface area contributed by atoms with Gasteiger partial charge in [-0.05, 0) is 77.9 Å². The number of benzene rings is 2. The molecule has 2 aromatic rings. The molecule has 2 rings (SSSR count). The van der Waals surface area contributed by atoms with Gasteiger partial charge in [-0.3, -0.25) is 4.79 Å². The third kappa shape index (κ3) is 6.24. The van der Waals surface area contributed by atoms with Crippen LogP contribution in [-0.2, 0) is 11.4 Å². The predicted octanol–water partition coefficient (Wildman–Crippen LogP) is 4.30. The van der Waals surface area contributed by atoms with E-state index in [1.54, 1.807) is 6.08 Å². The van der Waals surface area contributed by atoms with Crippen LogP contribution < -0.4 is 10.1 Å². The third-order valence-electron chi connectivity index (χ3n) is 3.29. The Balaban J connectivity index is 2.01. The standard InChI is InChI=1S/C20H19IN2O2/c1-14(2)23-20(24)17(12-22)11-15-5-9-19(10-6-15)25-13-16-3-7-18(21)8-4-16/h3-11,14H,13H2,1-2H3,(H,23,24)/b17-11-. The highest BCUT2D eigenvalue weighted by atomic mass is 127. The maximum Gasteiger partial charge on any atom is 0.262 e. The average molecular weight is 446 g/mol. The lowest BCUT2D eigenvalue weighted by Gasteiger charge is -2.08. The van der Waals surface area contributed by atoms with Gasteiger partial charge in [0.15, 0.2) is 0 Å². The van der Waals surface area contributed by atoms with E-state index < -0.39 is 0 Å². The molecular weight excluding hydrogens is 427 g/mol. The molecule has 25 heavy (non-hydrogen) atoms. The molecule has 0 aromatic heterocycles. The molecule has 4 nitrogen and oxygen atoms in total. The molecule has 2 aromatic carbocycles. The van der Waals surface area contributed by atoms with Crippen LogP contribution in [0.15, 0.2) is 54.1 Å². The van der Waals surface area contributed by atoms with Gasteiger partial charge in [0.05, 0.1) is 0 Å². The molecule has 0 atom stereocenters. The minimum Gasteiger partial charge on any atom is -0.489 e. The van der Waals surface area contributed by atoms with E-state index in [0.29, 0.717) is 6.61 Å². The van der Waals surface area contributed by atoms with Crippen LogP contribution >= 0.6 is 22.6 Å². The van der Waals surface area contributed by atoms with Gasteiger partial charge in [-0.25, -0.2) is 0 Å². The molecule has 5 heteroatoms.